The minimum Gasteiger partial charge on any atom is -0.477 e. The highest BCUT2D eigenvalue weighted by atomic mass is 32.2. The van der Waals surface area contributed by atoms with Gasteiger partial charge in [-0.25, -0.2) is 13.2 Å². The Bertz CT molecular complexity index is 665. The number of aryl methyl sites for hydroxylation is 1. The zero-order valence-corrected chi connectivity index (χ0v) is 13.5. The minimum atomic E-state index is -3.72. The maximum Gasteiger partial charge on any atom is 0.347 e. The highest BCUT2D eigenvalue weighted by Gasteiger charge is 2.43. The van der Waals surface area contributed by atoms with E-state index in [0.29, 0.717) is 18.0 Å². The lowest BCUT2D eigenvalue weighted by Gasteiger charge is -2.36. The predicted molar refractivity (Wildman–Crippen MR) is 80.3 cm³/mol. The number of carboxylic acid groups (broad SMARTS) is 1. The second kappa shape index (κ2) is 5.37. The van der Waals surface area contributed by atoms with Crippen LogP contribution in [0.1, 0.15) is 47.3 Å². The van der Waals surface area contributed by atoms with Gasteiger partial charge in [-0.05, 0) is 49.5 Å². The number of nitrogens with zero attached hydrogens (tertiary/aromatic N) is 1. The number of aromatic carboxylic acids is 1. The van der Waals surface area contributed by atoms with Crippen molar-refractivity contribution in [3.63, 3.8) is 0 Å². The lowest BCUT2D eigenvalue weighted by molar-refractivity contribution is 0.0697. The summed E-state index contributed by atoms with van der Waals surface area (Å²) in [6, 6.07) is 0.0599. The lowest BCUT2D eigenvalue weighted by atomic mass is 9.94. The van der Waals surface area contributed by atoms with E-state index in [0.717, 1.165) is 43.4 Å². The van der Waals surface area contributed by atoms with Crippen LogP contribution in [0, 0.1) is 12.8 Å². The molecule has 0 amide bonds. The molecule has 5 nitrogen and oxygen atoms in total. The van der Waals surface area contributed by atoms with Gasteiger partial charge in [-0.1, -0.05) is 6.42 Å². The van der Waals surface area contributed by atoms with Crippen molar-refractivity contribution in [3.8, 4) is 0 Å². The van der Waals surface area contributed by atoms with Crippen LogP contribution in [0.3, 0.4) is 0 Å². The van der Waals surface area contributed by atoms with Crippen molar-refractivity contribution in [2.45, 2.75) is 50.0 Å². The molecule has 1 saturated carbocycles. The van der Waals surface area contributed by atoms with E-state index in [9.17, 15) is 18.3 Å². The second-order valence-electron chi connectivity index (χ2n) is 5.90. The summed E-state index contributed by atoms with van der Waals surface area (Å²) < 4.78 is 27.6. The third-order valence-corrected chi connectivity index (χ3v) is 7.95. The topological polar surface area (TPSA) is 74.7 Å². The van der Waals surface area contributed by atoms with Crippen molar-refractivity contribution in [1.82, 2.24) is 4.31 Å². The molecule has 2 fully saturated rings. The molecule has 116 valence electrons. The van der Waals surface area contributed by atoms with Gasteiger partial charge in [0, 0.05) is 12.6 Å². The number of carbonyl (C=O) groups is 1. The molecular formula is C14H19NO4S2. The number of hydrogen-bond acceptors (Lipinski definition) is 4. The van der Waals surface area contributed by atoms with Crippen LogP contribution in [0.2, 0.25) is 0 Å². The number of rotatable bonds is 3. The molecule has 0 radical (unpaired) electrons. The van der Waals surface area contributed by atoms with Crippen molar-refractivity contribution >= 4 is 27.3 Å². The Labute approximate surface area is 128 Å². The molecular weight excluding hydrogens is 310 g/mol. The van der Waals surface area contributed by atoms with Crippen molar-refractivity contribution in [1.29, 1.82) is 0 Å². The zero-order valence-electron chi connectivity index (χ0n) is 11.9. The van der Waals surface area contributed by atoms with Crippen molar-refractivity contribution in [2.24, 2.45) is 5.92 Å². The Hall–Kier alpha value is -0.920. The van der Waals surface area contributed by atoms with Gasteiger partial charge in [0.1, 0.15) is 9.77 Å². The quantitative estimate of drug-likeness (QED) is 0.925. The molecule has 1 aliphatic carbocycles. The molecule has 21 heavy (non-hydrogen) atoms. The predicted octanol–water partition coefficient (Wildman–Crippen LogP) is 2.71. The normalized spacial score (nSPS) is 26.7. The van der Waals surface area contributed by atoms with Gasteiger partial charge >= 0.3 is 5.97 Å². The van der Waals surface area contributed by atoms with E-state index in [1.54, 1.807) is 16.6 Å². The third-order valence-electron chi connectivity index (χ3n) is 4.62. The van der Waals surface area contributed by atoms with Crippen LogP contribution in [0.4, 0.5) is 0 Å². The third kappa shape index (κ3) is 2.41. The molecule has 1 aliphatic heterocycles. The number of fused-ring (bicyclic) bond motifs is 1. The number of hydrogen-bond donors (Lipinski definition) is 1. The van der Waals surface area contributed by atoms with Crippen LogP contribution in [0.25, 0.3) is 0 Å². The maximum atomic E-state index is 13.0. The molecule has 1 saturated heterocycles. The summed E-state index contributed by atoms with van der Waals surface area (Å²) in [6.45, 7) is 2.18. The summed E-state index contributed by atoms with van der Waals surface area (Å²) in [5.74, 6) is -0.715. The Kier molecular flexibility index (Phi) is 3.83. The van der Waals surface area contributed by atoms with Crippen LogP contribution in [-0.4, -0.2) is 36.4 Å². The fourth-order valence-corrected chi connectivity index (χ4v) is 7.07. The summed E-state index contributed by atoms with van der Waals surface area (Å²) in [7, 11) is -3.72. The van der Waals surface area contributed by atoms with Gasteiger partial charge in [-0.2, -0.15) is 4.31 Å². The highest BCUT2D eigenvalue weighted by molar-refractivity contribution is 7.89. The van der Waals surface area contributed by atoms with Gasteiger partial charge in [0.2, 0.25) is 10.0 Å². The first-order valence-corrected chi connectivity index (χ1v) is 9.58. The first kappa shape index (κ1) is 15.0. The molecule has 2 unspecified atom stereocenters. The summed E-state index contributed by atoms with van der Waals surface area (Å²) in [6.07, 6.45) is 5.01. The molecule has 1 aromatic rings. The number of carboxylic acids is 1. The van der Waals surface area contributed by atoms with Gasteiger partial charge in [0.05, 0.1) is 0 Å². The van der Waals surface area contributed by atoms with Crippen LogP contribution in [0.15, 0.2) is 10.3 Å². The number of thiophene rings is 1. The zero-order chi connectivity index (χ0) is 15.2. The summed E-state index contributed by atoms with van der Waals surface area (Å²) in [5.41, 5.74) is 0.539. The highest BCUT2D eigenvalue weighted by Crippen LogP contribution is 2.41. The second-order valence-corrected chi connectivity index (χ2v) is 8.61. The van der Waals surface area contributed by atoms with Crippen molar-refractivity contribution < 1.29 is 18.3 Å². The van der Waals surface area contributed by atoms with Crippen LogP contribution in [-0.2, 0) is 10.0 Å². The van der Waals surface area contributed by atoms with E-state index in [4.69, 9.17) is 0 Å². The van der Waals surface area contributed by atoms with Gasteiger partial charge < -0.3 is 5.11 Å². The molecule has 7 heteroatoms. The van der Waals surface area contributed by atoms with Crippen LogP contribution >= 0.6 is 11.3 Å². The van der Waals surface area contributed by atoms with E-state index >= 15 is 0 Å². The minimum absolute atomic E-state index is 0.00699. The molecule has 2 atom stereocenters. The molecule has 3 rings (SSSR count). The van der Waals surface area contributed by atoms with Crippen LogP contribution in [0.5, 0.6) is 0 Å². The van der Waals surface area contributed by atoms with Gasteiger partial charge in [0.25, 0.3) is 0 Å². The first-order valence-electron chi connectivity index (χ1n) is 7.26. The van der Waals surface area contributed by atoms with Gasteiger partial charge in [-0.15, -0.1) is 11.3 Å². The Morgan fingerprint density at radius 2 is 2.05 bits per heavy atom. The fraction of sp³-hybridized carbons (Fsp3) is 0.643. The van der Waals surface area contributed by atoms with E-state index in [-0.39, 0.29) is 15.8 Å². The largest absolute Gasteiger partial charge is 0.477 e. The van der Waals surface area contributed by atoms with E-state index < -0.39 is 16.0 Å². The maximum absolute atomic E-state index is 13.0. The summed E-state index contributed by atoms with van der Waals surface area (Å²) >= 11 is 0.995. The van der Waals surface area contributed by atoms with Gasteiger partial charge in [-0.3, -0.25) is 0 Å². The number of sulfonamides is 1. The SMILES string of the molecule is Cc1csc(C(=O)O)c1S(=O)(=O)N1CCCC2CCCC21. The van der Waals surface area contributed by atoms with Crippen molar-refractivity contribution in [3.05, 3.63) is 15.8 Å². The molecule has 1 aromatic heterocycles. The Balaban J connectivity index is 2.04. The fourth-order valence-electron chi connectivity index (χ4n) is 3.73. The van der Waals surface area contributed by atoms with Crippen molar-refractivity contribution in [2.75, 3.05) is 6.54 Å². The molecule has 0 bridgehead atoms. The molecule has 1 N–H and O–H groups in total. The monoisotopic (exact) mass is 329 g/mol. The summed E-state index contributed by atoms with van der Waals surface area (Å²) in [5, 5.41) is 10.9. The Morgan fingerprint density at radius 3 is 2.76 bits per heavy atom. The average molecular weight is 329 g/mol. The van der Waals surface area contributed by atoms with E-state index in [1.165, 1.54) is 0 Å². The smallest absolute Gasteiger partial charge is 0.347 e. The first-order chi connectivity index (χ1) is 9.93. The van der Waals surface area contributed by atoms with E-state index in [1.807, 2.05) is 0 Å². The standard InChI is InChI=1S/C14H19NO4S2/c1-9-8-20-12(14(16)17)13(9)21(18,19)15-7-3-5-10-4-2-6-11(10)15/h8,10-11H,2-7H2,1H3,(H,16,17). The van der Waals surface area contributed by atoms with Gasteiger partial charge in [0.15, 0.2) is 0 Å². The molecule has 2 heterocycles. The average Bonchev–Trinajstić information content (AvgIpc) is 3.03. The van der Waals surface area contributed by atoms with E-state index in [2.05, 4.69) is 0 Å². The molecule has 0 aromatic carbocycles. The molecule has 2 aliphatic rings. The van der Waals surface area contributed by atoms with Crippen LogP contribution < -0.4 is 0 Å². The molecule has 0 spiro atoms. The Morgan fingerprint density at radius 1 is 1.33 bits per heavy atom. The summed E-state index contributed by atoms with van der Waals surface area (Å²) in [4.78, 5) is 11.3. The number of piperidine rings is 1. The lowest BCUT2D eigenvalue weighted by Crippen LogP contribution is -2.46.